The highest BCUT2D eigenvalue weighted by Crippen LogP contribution is 2.28. The van der Waals surface area contributed by atoms with Crippen molar-refractivity contribution in [3.05, 3.63) is 35.5 Å². The van der Waals surface area contributed by atoms with Crippen molar-refractivity contribution in [1.29, 1.82) is 0 Å². The normalized spacial score (nSPS) is 10.9. The van der Waals surface area contributed by atoms with Gasteiger partial charge in [0.2, 0.25) is 11.7 Å². The van der Waals surface area contributed by atoms with Crippen LogP contribution < -0.4 is 15.2 Å². The van der Waals surface area contributed by atoms with Gasteiger partial charge in [0.15, 0.2) is 18.1 Å². The Morgan fingerprint density at radius 3 is 2.71 bits per heavy atom. The number of nitrogens with two attached hydrogens (primary N) is 1. The van der Waals surface area contributed by atoms with Crippen LogP contribution in [0.3, 0.4) is 0 Å². The Hall–Kier alpha value is -2.08. The lowest BCUT2D eigenvalue weighted by Crippen LogP contribution is -2.04. The molecule has 1 heterocycles. The smallest absolute Gasteiger partial charge is 0.229 e. The molecule has 114 valence electrons. The van der Waals surface area contributed by atoms with E-state index in [0.29, 0.717) is 29.8 Å². The molecule has 0 spiro atoms. The Bertz CT molecular complexity index is 581. The molecule has 1 aromatic heterocycles. The summed E-state index contributed by atoms with van der Waals surface area (Å²) in [5.74, 6) is 2.65. The van der Waals surface area contributed by atoms with Crippen molar-refractivity contribution in [2.24, 2.45) is 5.73 Å². The van der Waals surface area contributed by atoms with E-state index in [1.54, 1.807) is 7.11 Å². The summed E-state index contributed by atoms with van der Waals surface area (Å²) >= 11 is 0. The second-order valence-electron chi connectivity index (χ2n) is 5.02. The maximum Gasteiger partial charge on any atom is 0.229 e. The SMILES string of the molecule is COc1ccc(CCN)cc1OCc1noc(C(C)C)n1. The van der Waals surface area contributed by atoms with Gasteiger partial charge in [-0.25, -0.2) is 0 Å². The number of ether oxygens (including phenoxy) is 2. The van der Waals surface area contributed by atoms with Gasteiger partial charge in [-0.3, -0.25) is 0 Å². The second-order valence-corrected chi connectivity index (χ2v) is 5.02. The standard InChI is InChI=1S/C15H21N3O3/c1-10(2)15-17-14(18-21-15)9-20-13-8-11(6-7-16)4-5-12(13)19-3/h4-5,8,10H,6-7,9,16H2,1-3H3. The zero-order chi connectivity index (χ0) is 15.2. The summed E-state index contributed by atoms with van der Waals surface area (Å²) < 4.78 is 16.2. The van der Waals surface area contributed by atoms with Crippen molar-refractivity contribution >= 4 is 0 Å². The molecule has 0 bridgehead atoms. The van der Waals surface area contributed by atoms with Crippen LogP contribution >= 0.6 is 0 Å². The van der Waals surface area contributed by atoms with Gasteiger partial charge >= 0.3 is 0 Å². The van der Waals surface area contributed by atoms with E-state index in [-0.39, 0.29) is 12.5 Å². The Morgan fingerprint density at radius 2 is 2.10 bits per heavy atom. The van der Waals surface area contributed by atoms with Gasteiger partial charge in [-0.1, -0.05) is 25.1 Å². The molecule has 2 aromatic rings. The molecule has 0 saturated heterocycles. The molecule has 0 saturated carbocycles. The maximum atomic E-state index is 5.74. The number of hydrogen-bond acceptors (Lipinski definition) is 6. The fourth-order valence-corrected chi connectivity index (χ4v) is 1.86. The fraction of sp³-hybridized carbons (Fsp3) is 0.467. The number of aromatic nitrogens is 2. The molecule has 0 unspecified atom stereocenters. The van der Waals surface area contributed by atoms with Crippen LogP contribution in [0.25, 0.3) is 0 Å². The monoisotopic (exact) mass is 291 g/mol. The van der Waals surface area contributed by atoms with Crippen molar-refractivity contribution in [3.8, 4) is 11.5 Å². The summed E-state index contributed by atoms with van der Waals surface area (Å²) in [6.07, 6.45) is 0.792. The molecule has 0 amide bonds. The van der Waals surface area contributed by atoms with Gasteiger partial charge in [-0.05, 0) is 30.7 Å². The van der Waals surface area contributed by atoms with Crippen LogP contribution in [-0.2, 0) is 13.0 Å². The summed E-state index contributed by atoms with van der Waals surface area (Å²) in [4.78, 5) is 4.28. The maximum absolute atomic E-state index is 5.74. The molecule has 0 radical (unpaired) electrons. The van der Waals surface area contributed by atoms with Crippen LogP contribution in [0.2, 0.25) is 0 Å². The molecular formula is C15H21N3O3. The van der Waals surface area contributed by atoms with E-state index in [9.17, 15) is 0 Å². The van der Waals surface area contributed by atoms with Gasteiger partial charge in [-0.2, -0.15) is 4.98 Å². The van der Waals surface area contributed by atoms with Crippen LogP contribution in [0.5, 0.6) is 11.5 Å². The van der Waals surface area contributed by atoms with E-state index in [0.717, 1.165) is 12.0 Å². The molecule has 0 fully saturated rings. The zero-order valence-electron chi connectivity index (χ0n) is 12.6. The summed E-state index contributed by atoms with van der Waals surface area (Å²) in [7, 11) is 1.61. The largest absolute Gasteiger partial charge is 0.493 e. The van der Waals surface area contributed by atoms with E-state index in [4.69, 9.17) is 19.7 Å². The molecule has 6 nitrogen and oxygen atoms in total. The lowest BCUT2D eigenvalue weighted by Gasteiger charge is -2.10. The van der Waals surface area contributed by atoms with E-state index < -0.39 is 0 Å². The predicted molar refractivity (Wildman–Crippen MR) is 78.5 cm³/mol. The van der Waals surface area contributed by atoms with Gasteiger partial charge < -0.3 is 19.7 Å². The number of hydrogen-bond donors (Lipinski definition) is 1. The minimum Gasteiger partial charge on any atom is -0.493 e. The molecule has 0 aliphatic rings. The molecule has 2 rings (SSSR count). The average Bonchev–Trinajstić information content (AvgIpc) is 2.95. The third-order valence-electron chi connectivity index (χ3n) is 3.00. The zero-order valence-corrected chi connectivity index (χ0v) is 12.6. The second kappa shape index (κ2) is 7.08. The summed E-state index contributed by atoms with van der Waals surface area (Å²) in [6, 6.07) is 5.77. The topological polar surface area (TPSA) is 83.4 Å². The minimum absolute atomic E-state index is 0.202. The van der Waals surface area contributed by atoms with E-state index >= 15 is 0 Å². The molecule has 1 aromatic carbocycles. The van der Waals surface area contributed by atoms with Crippen LogP contribution in [0.1, 0.15) is 37.0 Å². The van der Waals surface area contributed by atoms with Gasteiger partial charge in [0.05, 0.1) is 7.11 Å². The third-order valence-corrected chi connectivity index (χ3v) is 3.00. The van der Waals surface area contributed by atoms with Gasteiger partial charge in [0.25, 0.3) is 0 Å². The van der Waals surface area contributed by atoms with E-state index in [1.165, 1.54) is 0 Å². The number of nitrogens with zero attached hydrogens (tertiary/aromatic N) is 2. The van der Waals surface area contributed by atoms with Crippen molar-refractivity contribution in [2.45, 2.75) is 32.8 Å². The lowest BCUT2D eigenvalue weighted by atomic mass is 10.1. The van der Waals surface area contributed by atoms with E-state index in [1.807, 2.05) is 32.0 Å². The molecule has 2 N–H and O–H groups in total. The Kier molecular flexibility index (Phi) is 5.16. The van der Waals surface area contributed by atoms with Crippen LogP contribution in [0.15, 0.2) is 22.7 Å². The first-order chi connectivity index (χ1) is 10.1. The highest BCUT2D eigenvalue weighted by atomic mass is 16.5. The highest BCUT2D eigenvalue weighted by Gasteiger charge is 2.12. The molecule has 6 heteroatoms. The summed E-state index contributed by atoms with van der Waals surface area (Å²) in [5, 5.41) is 3.89. The number of benzene rings is 1. The first-order valence-corrected chi connectivity index (χ1v) is 6.96. The van der Waals surface area contributed by atoms with Crippen molar-refractivity contribution < 1.29 is 14.0 Å². The molecular weight excluding hydrogens is 270 g/mol. The van der Waals surface area contributed by atoms with E-state index in [2.05, 4.69) is 10.1 Å². The summed E-state index contributed by atoms with van der Waals surface area (Å²) in [6.45, 7) is 4.82. The van der Waals surface area contributed by atoms with Crippen LogP contribution in [-0.4, -0.2) is 23.8 Å². The number of rotatable bonds is 7. The molecule has 0 aliphatic carbocycles. The third kappa shape index (κ3) is 3.95. The van der Waals surface area contributed by atoms with Crippen LogP contribution in [0, 0.1) is 0 Å². The van der Waals surface area contributed by atoms with Gasteiger partial charge in [-0.15, -0.1) is 0 Å². The minimum atomic E-state index is 0.202. The Labute approximate surface area is 124 Å². The lowest BCUT2D eigenvalue weighted by molar-refractivity contribution is 0.268. The first kappa shape index (κ1) is 15.3. The average molecular weight is 291 g/mol. The summed E-state index contributed by atoms with van der Waals surface area (Å²) in [5.41, 5.74) is 6.67. The van der Waals surface area contributed by atoms with Crippen molar-refractivity contribution in [3.63, 3.8) is 0 Å². The first-order valence-electron chi connectivity index (χ1n) is 6.96. The van der Waals surface area contributed by atoms with Crippen molar-refractivity contribution in [1.82, 2.24) is 10.1 Å². The Balaban J connectivity index is 2.08. The predicted octanol–water partition coefficient (Wildman–Crippen LogP) is 2.28. The fourth-order valence-electron chi connectivity index (χ4n) is 1.86. The van der Waals surface area contributed by atoms with Gasteiger partial charge in [0.1, 0.15) is 0 Å². The molecule has 21 heavy (non-hydrogen) atoms. The number of methoxy groups -OCH3 is 1. The highest BCUT2D eigenvalue weighted by molar-refractivity contribution is 5.43. The van der Waals surface area contributed by atoms with Crippen LogP contribution in [0.4, 0.5) is 0 Å². The molecule has 0 atom stereocenters. The van der Waals surface area contributed by atoms with Crippen molar-refractivity contribution in [2.75, 3.05) is 13.7 Å². The van der Waals surface area contributed by atoms with Gasteiger partial charge in [0, 0.05) is 5.92 Å². The Morgan fingerprint density at radius 1 is 1.29 bits per heavy atom. The molecule has 0 aliphatic heterocycles. The quantitative estimate of drug-likeness (QED) is 0.842.